The van der Waals surface area contributed by atoms with Crippen LogP contribution in [0.3, 0.4) is 0 Å². The number of amides is 1. The Morgan fingerprint density at radius 2 is 2.05 bits per heavy atom. The van der Waals surface area contributed by atoms with Gasteiger partial charge in [-0.15, -0.1) is 0 Å². The van der Waals surface area contributed by atoms with Crippen LogP contribution < -0.4 is 5.32 Å². The molecule has 0 radical (unpaired) electrons. The number of nitrogens with one attached hydrogen (secondary N) is 1. The molecule has 0 saturated heterocycles. The maximum atomic E-state index is 13.5. The summed E-state index contributed by atoms with van der Waals surface area (Å²) in [7, 11) is -1.41. The third kappa shape index (κ3) is 3.88. The van der Waals surface area contributed by atoms with Crippen LogP contribution in [0, 0.1) is 5.82 Å². The van der Waals surface area contributed by atoms with Crippen LogP contribution in [0.2, 0.25) is 0 Å². The fourth-order valence-corrected chi connectivity index (χ4v) is 3.50. The van der Waals surface area contributed by atoms with Crippen molar-refractivity contribution >= 4 is 16.7 Å². The van der Waals surface area contributed by atoms with Crippen molar-refractivity contribution in [3.63, 3.8) is 0 Å². The summed E-state index contributed by atoms with van der Waals surface area (Å²) in [4.78, 5) is 12.0. The first-order valence-corrected chi connectivity index (χ1v) is 8.37. The molecule has 0 bridgehead atoms. The highest BCUT2D eigenvalue weighted by molar-refractivity contribution is 7.85. The average molecular weight is 297 g/mol. The summed E-state index contributed by atoms with van der Waals surface area (Å²) < 4.78 is 25.7. The molecule has 5 heteroatoms. The lowest BCUT2D eigenvalue weighted by Crippen LogP contribution is -2.41. The molecule has 1 aliphatic rings. The van der Waals surface area contributed by atoms with E-state index >= 15 is 0 Å². The SMILES string of the molecule is C[C@@H](C(=O)NC1CCCC1)[S@](=O)Cc1ccccc1F. The van der Waals surface area contributed by atoms with Crippen LogP contribution in [-0.4, -0.2) is 21.4 Å². The molecule has 1 aromatic rings. The molecule has 2 atom stereocenters. The Morgan fingerprint density at radius 1 is 1.40 bits per heavy atom. The number of rotatable bonds is 5. The van der Waals surface area contributed by atoms with Crippen molar-refractivity contribution in [3.05, 3.63) is 35.6 Å². The molecular formula is C15H20FNO2S. The summed E-state index contributed by atoms with van der Waals surface area (Å²) in [6, 6.07) is 6.47. The summed E-state index contributed by atoms with van der Waals surface area (Å²) in [5.41, 5.74) is 0.395. The smallest absolute Gasteiger partial charge is 0.235 e. The van der Waals surface area contributed by atoms with E-state index in [1.165, 1.54) is 6.07 Å². The largest absolute Gasteiger partial charge is 0.352 e. The minimum atomic E-state index is -1.41. The van der Waals surface area contributed by atoms with Crippen molar-refractivity contribution in [1.82, 2.24) is 5.32 Å². The zero-order chi connectivity index (χ0) is 14.5. The van der Waals surface area contributed by atoms with Crippen LogP contribution in [0.4, 0.5) is 4.39 Å². The average Bonchev–Trinajstić information content (AvgIpc) is 2.93. The number of carbonyl (C=O) groups excluding carboxylic acids is 1. The van der Waals surface area contributed by atoms with Crippen LogP contribution in [-0.2, 0) is 21.3 Å². The lowest BCUT2D eigenvalue weighted by molar-refractivity contribution is -0.121. The Hall–Kier alpha value is -1.23. The number of carbonyl (C=O) groups is 1. The molecular weight excluding hydrogens is 277 g/mol. The fourth-order valence-electron chi connectivity index (χ4n) is 2.40. The fraction of sp³-hybridized carbons (Fsp3) is 0.533. The predicted octanol–water partition coefficient (Wildman–Crippen LogP) is 2.52. The third-order valence-corrected chi connectivity index (χ3v) is 5.32. The zero-order valence-corrected chi connectivity index (χ0v) is 12.4. The molecule has 2 rings (SSSR count). The Labute approximate surface area is 121 Å². The topological polar surface area (TPSA) is 46.2 Å². The lowest BCUT2D eigenvalue weighted by atomic mass is 10.2. The third-order valence-electron chi connectivity index (χ3n) is 3.72. The van der Waals surface area contributed by atoms with E-state index in [2.05, 4.69) is 5.32 Å². The molecule has 1 amide bonds. The van der Waals surface area contributed by atoms with Gasteiger partial charge < -0.3 is 5.32 Å². The van der Waals surface area contributed by atoms with Crippen LogP contribution in [0.25, 0.3) is 0 Å². The maximum absolute atomic E-state index is 13.5. The molecule has 0 aromatic heterocycles. The molecule has 20 heavy (non-hydrogen) atoms. The summed E-state index contributed by atoms with van der Waals surface area (Å²) in [5.74, 6) is -0.484. The minimum absolute atomic E-state index is 0.0753. The van der Waals surface area contributed by atoms with Gasteiger partial charge in [0.1, 0.15) is 11.1 Å². The van der Waals surface area contributed by atoms with Gasteiger partial charge >= 0.3 is 0 Å². The highest BCUT2D eigenvalue weighted by Gasteiger charge is 2.24. The van der Waals surface area contributed by atoms with Gasteiger partial charge in [0.05, 0.1) is 5.75 Å². The first-order chi connectivity index (χ1) is 9.58. The summed E-state index contributed by atoms with van der Waals surface area (Å²) in [6.07, 6.45) is 4.27. The maximum Gasteiger partial charge on any atom is 0.235 e. The van der Waals surface area contributed by atoms with Gasteiger partial charge in [0, 0.05) is 22.4 Å². The molecule has 1 aromatic carbocycles. The molecule has 0 unspecified atom stereocenters. The molecule has 1 N–H and O–H groups in total. The first kappa shape index (κ1) is 15.2. The van der Waals surface area contributed by atoms with Crippen LogP contribution in [0.1, 0.15) is 38.2 Å². The molecule has 110 valence electrons. The van der Waals surface area contributed by atoms with Gasteiger partial charge in [-0.3, -0.25) is 9.00 Å². The minimum Gasteiger partial charge on any atom is -0.352 e. The Bertz CT molecular complexity index is 500. The highest BCUT2D eigenvalue weighted by Crippen LogP contribution is 2.18. The monoisotopic (exact) mass is 297 g/mol. The van der Waals surface area contributed by atoms with Crippen molar-refractivity contribution in [2.45, 2.75) is 49.7 Å². The molecule has 1 fully saturated rings. The molecule has 0 aliphatic heterocycles. The first-order valence-electron chi connectivity index (χ1n) is 6.99. The van der Waals surface area contributed by atoms with Gasteiger partial charge in [0.15, 0.2) is 0 Å². The normalized spacial score (nSPS) is 18.7. The lowest BCUT2D eigenvalue weighted by Gasteiger charge is -2.16. The molecule has 0 spiro atoms. The Balaban J connectivity index is 1.91. The van der Waals surface area contributed by atoms with Gasteiger partial charge in [-0.1, -0.05) is 31.0 Å². The standard InChI is InChI=1S/C15H20FNO2S/c1-11(15(18)17-13-7-3-4-8-13)20(19)10-12-6-2-5-9-14(12)16/h2,5-6,9,11,13H,3-4,7-8,10H2,1H3,(H,17,18)/t11-,20+/m0/s1. The summed E-state index contributed by atoms with van der Waals surface area (Å²) >= 11 is 0. The predicted molar refractivity (Wildman–Crippen MR) is 78.1 cm³/mol. The quantitative estimate of drug-likeness (QED) is 0.908. The zero-order valence-electron chi connectivity index (χ0n) is 11.6. The molecule has 0 heterocycles. The van der Waals surface area contributed by atoms with Crippen molar-refractivity contribution in [2.24, 2.45) is 0 Å². The van der Waals surface area contributed by atoms with E-state index in [-0.39, 0.29) is 23.5 Å². The van der Waals surface area contributed by atoms with Crippen LogP contribution in [0.5, 0.6) is 0 Å². The number of benzene rings is 1. The second kappa shape index (κ2) is 6.97. The second-order valence-electron chi connectivity index (χ2n) is 5.25. The van der Waals surface area contributed by atoms with Crippen LogP contribution in [0.15, 0.2) is 24.3 Å². The van der Waals surface area contributed by atoms with E-state index in [4.69, 9.17) is 0 Å². The molecule has 3 nitrogen and oxygen atoms in total. The highest BCUT2D eigenvalue weighted by atomic mass is 32.2. The van der Waals surface area contributed by atoms with Crippen LogP contribution >= 0.6 is 0 Å². The number of hydrogen-bond donors (Lipinski definition) is 1. The Kier molecular flexibility index (Phi) is 5.29. The number of hydrogen-bond acceptors (Lipinski definition) is 2. The van der Waals surface area contributed by atoms with E-state index in [1.807, 2.05) is 0 Å². The van der Waals surface area contributed by atoms with Gasteiger partial charge in [-0.25, -0.2) is 4.39 Å². The van der Waals surface area contributed by atoms with E-state index in [0.29, 0.717) is 5.56 Å². The molecule has 1 saturated carbocycles. The summed E-state index contributed by atoms with van der Waals surface area (Å²) in [6.45, 7) is 1.64. The van der Waals surface area contributed by atoms with E-state index in [1.54, 1.807) is 25.1 Å². The van der Waals surface area contributed by atoms with Gasteiger partial charge in [0.2, 0.25) is 5.91 Å². The second-order valence-corrected chi connectivity index (χ2v) is 7.01. The number of halogens is 1. The molecule has 1 aliphatic carbocycles. The van der Waals surface area contributed by atoms with E-state index in [0.717, 1.165) is 25.7 Å². The van der Waals surface area contributed by atoms with Gasteiger partial charge in [-0.2, -0.15) is 0 Å². The van der Waals surface area contributed by atoms with Crippen molar-refractivity contribution in [3.8, 4) is 0 Å². The van der Waals surface area contributed by atoms with Crippen molar-refractivity contribution in [1.29, 1.82) is 0 Å². The summed E-state index contributed by atoms with van der Waals surface area (Å²) in [5, 5.41) is 2.32. The van der Waals surface area contributed by atoms with E-state index in [9.17, 15) is 13.4 Å². The van der Waals surface area contributed by atoms with Gasteiger partial charge in [-0.05, 0) is 25.8 Å². The van der Waals surface area contributed by atoms with Gasteiger partial charge in [0.25, 0.3) is 0 Å². The Morgan fingerprint density at radius 3 is 2.70 bits per heavy atom. The van der Waals surface area contributed by atoms with Crippen molar-refractivity contribution in [2.75, 3.05) is 0 Å². The van der Waals surface area contributed by atoms with E-state index < -0.39 is 16.0 Å². The van der Waals surface area contributed by atoms with Crippen molar-refractivity contribution < 1.29 is 13.4 Å².